The van der Waals surface area contributed by atoms with Gasteiger partial charge in [0.15, 0.2) is 5.82 Å². The lowest BCUT2D eigenvalue weighted by atomic mass is 10.0. The number of aromatic carboxylic acids is 1. The fourth-order valence-corrected chi connectivity index (χ4v) is 4.43. The van der Waals surface area contributed by atoms with Gasteiger partial charge >= 0.3 is 5.97 Å². The lowest BCUT2D eigenvalue weighted by molar-refractivity contribution is 0.0691. The van der Waals surface area contributed by atoms with Gasteiger partial charge in [-0.1, -0.05) is 24.4 Å². The highest BCUT2D eigenvalue weighted by molar-refractivity contribution is 7.89. The molecule has 1 fully saturated rings. The summed E-state index contributed by atoms with van der Waals surface area (Å²) in [5.74, 6) is -2.88. The lowest BCUT2D eigenvalue weighted by Gasteiger charge is -2.25. The highest BCUT2D eigenvalue weighted by atomic mass is 35.5. The Morgan fingerprint density at radius 1 is 1.38 bits per heavy atom. The molecule has 0 spiro atoms. The minimum absolute atomic E-state index is 0.147. The molecular weight excluding hydrogens is 321 g/mol. The van der Waals surface area contributed by atoms with E-state index in [-0.39, 0.29) is 5.02 Å². The van der Waals surface area contributed by atoms with Crippen molar-refractivity contribution in [2.75, 3.05) is 0 Å². The number of carboxylic acid groups (broad SMARTS) is 1. The molecule has 0 amide bonds. The van der Waals surface area contributed by atoms with Gasteiger partial charge in [0.05, 0.1) is 5.56 Å². The molecule has 5 nitrogen and oxygen atoms in total. The van der Waals surface area contributed by atoms with Crippen LogP contribution >= 0.6 is 11.6 Å². The predicted molar refractivity (Wildman–Crippen MR) is 75.6 cm³/mol. The molecule has 1 aromatic rings. The number of halogens is 2. The van der Waals surface area contributed by atoms with E-state index in [2.05, 4.69) is 4.72 Å². The fourth-order valence-electron chi connectivity index (χ4n) is 2.55. The maximum absolute atomic E-state index is 14.1. The summed E-state index contributed by atoms with van der Waals surface area (Å²) in [5, 5.41) is 8.75. The number of carboxylic acids is 1. The third-order valence-corrected chi connectivity index (χ3v) is 5.47. The van der Waals surface area contributed by atoms with Crippen LogP contribution in [-0.2, 0) is 10.0 Å². The van der Waals surface area contributed by atoms with Gasteiger partial charge in [0, 0.05) is 10.6 Å². The molecule has 1 aromatic carbocycles. The summed E-state index contributed by atoms with van der Waals surface area (Å²) in [5.41, 5.74) is -1.41. The Hall–Kier alpha value is -1.18. The summed E-state index contributed by atoms with van der Waals surface area (Å²) >= 11 is 5.70. The Balaban J connectivity index is 2.47. The van der Waals surface area contributed by atoms with E-state index in [0.29, 0.717) is 12.8 Å². The number of nitrogens with one attached hydrogen (secondary N) is 1. The van der Waals surface area contributed by atoms with Crippen LogP contribution in [0.3, 0.4) is 0 Å². The van der Waals surface area contributed by atoms with E-state index in [1.54, 1.807) is 6.92 Å². The molecule has 0 unspecified atom stereocenters. The molecule has 2 rings (SSSR count). The van der Waals surface area contributed by atoms with Crippen LogP contribution in [0, 0.1) is 5.82 Å². The molecule has 0 heterocycles. The fraction of sp³-hybridized carbons (Fsp3) is 0.462. The van der Waals surface area contributed by atoms with Crippen LogP contribution in [0.5, 0.6) is 0 Å². The zero-order valence-corrected chi connectivity index (χ0v) is 12.9. The molecule has 0 radical (unpaired) electrons. The van der Waals surface area contributed by atoms with E-state index in [1.807, 2.05) is 0 Å². The summed E-state index contributed by atoms with van der Waals surface area (Å²) in [6.07, 6.45) is 3.08. The van der Waals surface area contributed by atoms with Crippen molar-refractivity contribution < 1.29 is 22.7 Å². The Bertz CT molecular complexity index is 684. The van der Waals surface area contributed by atoms with Crippen molar-refractivity contribution >= 4 is 27.6 Å². The van der Waals surface area contributed by atoms with E-state index < -0.39 is 37.8 Å². The van der Waals surface area contributed by atoms with Crippen LogP contribution in [-0.4, -0.2) is 25.0 Å². The lowest BCUT2D eigenvalue weighted by Crippen LogP contribution is -2.43. The first-order chi connectivity index (χ1) is 9.65. The molecule has 116 valence electrons. The average Bonchev–Trinajstić information content (AvgIpc) is 2.76. The van der Waals surface area contributed by atoms with Crippen LogP contribution in [0.15, 0.2) is 17.0 Å². The molecule has 8 heteroatoms. The van der Waals surface area contributed by atoms with Crippen molar-refractivity contribution in [1.29, 1.82) is 0 Å². The standard InChI is InChI=1S/C13H15ClFNO4S/c1-13(4-2-3-5-13)16-21(19,20)10-7-8(14)6-9(11(10)15)12(17)18/h6-7,16H,2-5H2,1H3,(H,17,18). The highest BCUT2D eigenvalue weighted by Crippen LogP contribution is 2.32. The number of hydrogen-bond acceptors (Lipinski definition) is 3. The minimum Gasteiger partial charge on any atom is -0.478 e. The Morgan fingerprint density at radius 3 is 2.48 bits per heavy atom. The Kier molecular flexibility index (Phi) is 4.28. The van der Waals surface area contributed by atoms with Crippen molar-refractivity contribution in [1.82, 2.24) is 4.72 Å². The quantitative estimate of drug-likeness (QED) is 0.886. The first-order valence-corrected chi connectivity index (χ1v) is 8.27. The maximum Gasteiger partial charge on any atom is 0.338 e. The molecule has 21 heavy (non-hydrogen) atoms. The van der Waals surface area contributed by atoms with Gasteiger partial charge in [0.2, 0.25) is 10.0 Å². The molecule has 0 aromatic heterocycles. The second-order valence-corrected chi connectivity index (χ2v) is 7.53. The van der Waals surface area contributed by atoms with Gasteiger partial charge in [-0.25, -0.2) is 22.3 Å². The van der Waals surface area contributed by atoms with Crippen LogP contribution in [0.25, 0.3) is 0 Å². The number of rotatable bonds is 4. The second-order valence-electron chi connectivity index (χ2n) is 5.44. The van der Waals surface area contributed by atoms with E-state index in [4.69, 9.17) is 16.7 Å². The Morgan fingerprint density at radius 2 is 1.95 bits per heavy atom. The first kappa shape index (κ1) is 16.2. The molecule has 0 saturated heterocycles. The summed E-state index contributed by atoms with van der Waals surface area (Å²) in [6, 6.07) is 1.81. The van der Waals surface area contributed by atoms with Crippen LogP contribution in [0.1, 0.15) is 43.0 Å². The SMILES string of the molecule is CC1(NS(=O)(=O)c2cc(Cl)cc(C(=O)O)c2F)CCCC1. The summed E-state index contributed by atoms with van der Waals surface area (Å²) < 4.78 is 41.3. The first-order valence-electron chi connectivity index (χ1n) is 6.41. The van der Waals surface area contributed by atoms with Gasteiger partial charge < -0.3 is 5.11 Å². The number of benzene rings is 1. The second kappa shape index (κ2) is 5.55. The third kappa shape index (κ3) is 3.36. The predicted octanol–water partition coefficient (Wildman–Crippen LogP) is 2.79. The summed E-state index contributed by atoms with van der Waals surface area (Å²) in [7, 11) is -4.18. The third-order valence-electron chi connectivity index (χ3n) is 3.61. The molecule has 1 saturated carbocycles. The monoisotopic (exact) mass is 335 g/mol. The van der Waals surface area contributed by atoms with Gasteiger partial charge in [0.1, 0.15) is 4.90 Å². The van der Waals surface area contributed by atoms with Gasteiger partial charge in [-0.2, -0.15) is 0 Å². The molecule has 2 N–H and O–H groups in total. The highest BCUT2D eigenvalue weighted by Gasteiger charge is 2.35. The zero-order chi connectivity index (χ0) is 15.8. The van der Waals surface area contributed by atoms with E-state index in [0.717, 1.165) is 25.0 Å². The Labute approximate surface area is 127 Å². The van der Waals surface area contributed by atoms with Crippen molar-refractivity contribution in [3.05, 3.63) is 28.5 Å². The van der Waals surface area contributed by atoms with Crippen LogP contribution < -0.4 is 4.72 Å². The minimum atomic E-state index is -4.18. The van der Waals surface area contributed by atoms with Gasteiger partial charge in [-0.05, 0) is 31.9 Å². The van der Waals surface area contributed by atoms with E-state index in [1.165, 1.54) is 0 Å². The van der Waals surface area contributed by atoms with Crippen molar-refractivity contribution in [2.24, 2.45) is 0 Å². The van der Waals surface area contributed by atoms with Gasteiger partial charge in [-0.3, -0.25) is 0 Å². The molecule has 0 atom stereocenters. The number of sulfonamides is 1. The molecule has 0 bridgehead atoms. The van der Waals surface area contributed by atoms with Crippen molar-refractivity contribution in [3.63, 3.8) is 0 Å². The summed E-state index contributed by atoms with van der Waals surface area (Å²) in [4.78, 5) is 10.2. The largest absolute Gasteiger partial charge is 0.478 e. The molecule has 1 aliphatic carbocycles. The number of hydrogen-bond donors (Lipinski definition) is 2. The maximum atomic E-state index is 14.1. The van der Waals surface area contributed by atoms with Gasteiger partial charge in [-0.15, -0.1) is 0 Å². The van der Waals surface area contributed by atoms with E-state index >= 15 is 0 Å². The molecule has 0 aliphatic heterocycles. The smallest absolute Gasteiger partial charge is 0.338 e. The average molecular weight is 336 g/mol. The van der Waals surface area contributed by atoms with E-state index in [9.17, 15) is 17.6 Å². The zero-order valence-electron chi connectivity index (χ0n) is 11.3. The van der Waals surface area contributed by atoms with Gasteiger partial charge in [0.25, 0.3) is 0 Å². The summed E-state index contributed by atoms with van der Waals surface area (Å²) in [6.45, 7) is 1.75. The molecular formula is C13H15ClFNO4S. The molecule has 1 aliphatic rings. The van der Waals surface area contributed by atoms with Crippen LogP contribution in [0.2, 0.25) is 5.02 Å². The van der Waals surface area contributed by atoms with Crippen molar-refractivity contribution in [2.45, 2.75) is 43.0 Å². The van der Waals surface area contributed by atoms with Crippen LogP contribution in [0.4, 0.5) is 4.39 Å². The topological polar surface area (TPSA) is 83.5 Å². The number of carbonyl (C=O) groups is 1. The normalized spacial score (nSPS) is 17.9. The van der Waals surface area contributed by atoms with Crippen molar-refractivity contribution in [3.8, 4) is 0 Å².